The smallest absolute Gasteiger partial charge is 0.142 e. The van der Waals surface area contributed by atoms with Crippen LogP contribution in [0.5, 0.6) is 0 Å². The first kappa shape index (κ1) is 15.0. The lowest BCUT2D eigenvalue weighted by molar-refractivity contribution is 0.544. The maximum atomic E-state index is 13.5. The first-order valence-corrected chi connectivity index (χ1v) is 7.00. The Hall–Kier alpha value is -1.42. The lowest BCUT2D eigenvalue weighted by Crippen LogP contribution is -2.29. The van der Waals surface area contributed by atoms with Gasteiger partial charge >= 0.3 is 0 Å². The van der Waals surface area contributed by atoms with E-state index in [1.807, 2.05) is 0 Å². The zero-order chi connectivity index (χ0) is 14.5. The van der Waals surface area contributed by atoms with Crippen LogP contribution in [0.2, 0.25) is 5.02 Å². The predicted molar refractivity (Wildman–Crippen MR) is 81.0 cm³/mol. The summed E-state index contributed by atoms with van der Waals surface area (Å²) in [6.07, 6.45) is 1.71. The van der Waals surface area contributed by atoms with Crippen molar-refractivity contribution in [2.45, 2.75) is 25.8 Å². The van der Waals surface area contributed by atoms with Crippen LogP contribution in [0.25, 0.3) is 0 Å². The van der Waals surface area contributed by atoms with Gasteiger partial charge in [-0.25, -0.2) is 4.39 Å². The van der Waals surface area contributed by atoms with E-state index < -0.39 is 5.82 Å². The van der Waals surface area contributed by atoms with Crippen molar-refractivity contribution in [2.75, 3.05) is 0 Å². The van der Waals surface area contributed by atoms with Crippen LogP contribution in [0.4, 0.5) is 4.39 Å². The fourth-order valence-electron chi connectivity index (χ4n) is 2.15. The zero-order valence-electron chi connectivity index (χ0n) is 11.4. The molecule has 2 aromatic rings. The summed E-state index contributed by atoms with van der Waals surface area (Å²) in [5.74, 6) is 5.17. The summed E-state index contributed by atoms with van der Waals surface area (Å²) in [6.45, 7) is 2.12. The van der Waals surface area contributed by atoms with Gasteiger partial charge in [-0.05, 0) is 41.7 Å². The number of rotatable bonds is 5. The van der Waals surface area contributed by atoms with Crippen LogP contribution < -0.4 is 11.3 Å². The van der Waals surface area contributed by atoms with Gasteiger partial charge in [0.05, 0.1) is 11.1 Å². The summed E-state index contributed by atoms with van der Waals surface area (Å²) in [4.78, 5) is 0. The number of benzene rings is 2. The Morgan fingerprint density at radius 2 is 1.80 bits per heavy atom. The topological polar surface area (TPSA) is 38.0 Å². The average molecular weight is 293 g/mol. The van der Waals surface area contributed by atoms with Crippen molar-refractivity contribution in [3.8, 4) is 0 Å². The van der Waals surface area contributed by atoms with Gasteiger partial charge in [-0.1, -0.05) is 48.9 Å². The van der Waals surface area contributed by atoms with Crippen molar-refractivity contribution in [2.24, 2.45) is 5.84 Å². The van der Waals surface area contributed by atoms with Crippen LogP contribution in [-0.4, -0.2) is 0 Å². The highest BCUT2D eigenvalue weighted by atomic mass is 35.5. The molecule has 20 heavy (non-hydrogen) atoms. The Balaban J connectivity index is 2.16. The minimum Gasteiger partial charge on any atom is -0.271 e. The summed E-state index contributed by atoms with van der Waals surface area (Å²) in [5, 5.41) is 0.122. The van der Waals surface area contributed by atoms with Crippen LogP contribution in [0.15, 0.2) is 42.5 Å². The van der Waals surface area contributed by atoms with E-state index in [0.29, 0.717) is 6.42 Å². The molecule has 106 valence electrons. The largest absolute Gasteiger partial charge is 0.271 e. The predicted octanol–water partition coefficient (Wildman–Crippen LogP) is 3.79. The van der Waals surface area contributed by atoms with Crippen molar-refractivity contribution in [3.05, 3.63) is 70.0 Å². The van der Waals surface area contributed by atoms with Gasteiger partial charge in [-0.2, -0.15) is 0 Å². The second kappa shape index (κ2) is 6.84. The number of nitrogens with two attached hydrogens (primary N) is 1. The van der Waals surface area contributed by atoms with Gasteiger partial charge in [0.25, 0.3) is 0 Å². The summed E-state index contributed by atoms with van der Waals surface area (Å²) in [7, 11) is 0. The molecule has 0 bridgehead atoms. The van der Waals surface area contributed by atoms with Crippen LogP contribution in [0.3, 0.4) is 0 Å². The van der Waals surface area contributed by atoms with Gasteiger partial charge in [0.2, 0.25) is 0 Å². The van der Waals surface area contributed by atoms with E-state index in [4.69, 9.17) is 17.4 Å². The molecule has 1 unspecified atom stereocenters. The highest BCUT2D eigenvalue weighted by Gasteiger charge is 2.12. The van der Waals surface area contributed by atoms with E-state index in [-0.39, 0.29) is 11.1 Å². The third kappa shape index (κ3) is 3.57. The highest BCUT2D eigenvalue weighted by Crippen LogP contribution is 2.22. The molecule has 4 heteroatoms. The molecule has 2 rings (SSSR count). The SMILES string of the molecule is CCc1ccc(CC(NN)c2ccc(Cl)c(F)c2)cc1. The molecule has 3 N–H and O–H groups in total. The molecule has 1 atom stereocenters. The summed E-state index contributed by atoms with van der Waals surface area (Å²) in [5.41, 5.74) is 5.97. The summed E-state index contributed by atoms with van der Waals surface area (Å²) >= 11 is 5.70. The Morgan fingerprint density at radius 1 is 1.15 bits per heavy atom. The fraction of sp³-hybridized carbons (Fsp3) is 0.250. The maximum absolute atomic E-state index is 13.5. The number of halogens is 2. The molecule has 0 radical (unpaired) electrons. The van der Waals surface area contributed by atoms with Gasteiger partial charge in [0, 0.05) is 0 Å². The molecule has 0 saturated heterocycles. The van der Waals surface area contributed by atoms with Gasteiger partial charge in [0.1, 0.15) is 5.82 Å². The Morgan fingerprint density at radius 3 is 2.35 bits per heavy atom. The molecular weight excluding hydrogens is 275 g/mol. The van der Waals surface area contributed by atoms with Gasteiger partial charge < -0.3 is 0 Å². The normalized spacial score (nSPS) is 12.4. The lowest BCUT2D eigenvalue weighted by atomic mass is 9.98. The molecule has 0 aliphatic rings. The second-order valence-corrected chi connectivity index (χ2v) is 5.17. The number of hydrogen-bond acceptors (Lipinski definition) is 2. The van der Waals surface area contributed by atoms with Crippen LogP contribution in [-0.2, 0) is 12.8 Å². The molecule has 2 aromatic carbocycles. The maximum Gasteiger partial charge on any atom is 0.142 e. The number of hydrazine groups is 1. The van der Waals surface area contributed by atoms with E-state index in [1.165, 1.54) is 11.6 Å². The molecule has 0 aromatic heterocycles. The zero-order valence-corrected chi connectivity index (χ0v) is 12.1. The minimum atomic E-state index is -0.425. The molecule has 0 amide bonds. The third-order valence-electron chi connectivity index (χ3n) is 3.42. The number of hydrogen-bond donors (Lipinski definition) is 2. The Bertz CT molecular complexity index is 569. The fourth-order valence-corrected chi connectivity index (χ4v) is 2.27. The first-order valence-electron chi connectivity index (χ1n) is 6.63. The summed E-state index contributed by atoms with van der Waals surface area (Å²) < 4.78 is 13.5. The van der Waals surface area contributed by atoms with E-state index in [0.717, 1.165) is 17.5 Å². The van der Waals surface area contributed by atoms with Crippen molar-refractivity contribution < 1.29 is 4.39 Å². The van der Waals surface area contributed by atoms with Gasteiger partial charge in [-0.3, -0.25) is 11.3 Å². The second-order valence-electron chi connectivity index (χ2n) is 4.77. The van der Waals surface area contributed by atoms with Crippen LogP contribution in [0, 0.1) is 5.82 Å². The molecule has 0 spiro atoms. The molecule has 0 fully saturated rings. The van der Waals surface area contributed by atoms with Crippen molar-refractivity contribution >= 4 is 11.6 Å². The standard InChI is InChI=1S/C16H18ClFN2/c1-2-11-3-5-12(6-4-11)9-16(20-19)13-7-8-14(17)15(18)10-13/h3-8,10,16,20H,2,9,19H2,1H3. The van der Waals surface area contributed by atoms with Gasteiger partial charge in [-0.15, -0.1) is 0 Å². The molecule has 0 heterocycles. The summed E-state index contributed by atoms with van der Waals surface area (Å²) in [6, 6.07) is 13.0. The lowest BCUT2D eigenvalue weighted by Gasteiger charge is -2.17. The molecule has 0 aliphatic carbocycles. The first-order chi connectivity index (χ1) is 9.63. The van der Waals surface area contributed by atoms with E-state index in [2.05, 4.69) is 36.6 Å². The number of nitrogens with one attached hydrogen (secondary N) is 1. The van der Waals surface area contributed by atoms with E-state index in [9.17, 15) is 4.39 Å². The van der Waals surface area contributed by atoms with E-state index >= 15 is 0 Å². The third-order valence-corrected chi connectivity index (χ3v) is 3.72. The highest BCUT2D eigenvalue weighted by molar-refractivity contribution is 6.30. The molecule has 0 saturated carbocycles. The average Bonchev–Trinajstić information content (AvgIpc) is 2.48. The monoisotopic (exact) mass is 292 g/mol. The van der Waals surface area contributed by atoms with Crippen LogP contribution in [0.1, 0.15) is 29.7 Å². The van der Waals surface area contributed by atoms with E-state index in [1.54, 1.807) is 12.1 Å². The van der Waals surface area contributed by atoms with Crippen molar-refractivity contribution in [1.82, 2.24) is 5.43 Å². The molecule has 2 nitrogen and oxygen atoms in total. The van der Waals surface area contributed by atoms with Crippen LogP contribution >= 0.6 is 11.6 Å². The molecular formula is C16H18ClFN2. The minimum absolute atomic E-state index is 0.122. The number of aryl methyl sites for hydroxylation is 1. The van der Waals surface area contributed by atoms with Gasteiger partial charge in [0.15, 0.2) is 0 Å². The Labute approximate surface area is 123 Å². The van der Waals surface area contributed by atoms with Crippen molar-refractivity contribution in [1.29, 1.82) is 0 Å². The Kier molecular flexibility index (Phi) is 5.12. The molecule has 0 aliphatic heterocycles. The quantitative estimate of drug-likeness (QED) is 0.650. The van der Waals surface area contributed by atoms with Crippen molar-refractivity contribution in [3.63, 3.8) is 0 Å².